The first-order valence-electron chi connectivity index (χ1n) is 6.26. The van der Waals surface area contributed by atoms with E-state index >= 15 is 0 Å². The number of nitrogens with one attached hydrogen (secondary N) is 1. The van der Waals surface area contributed by atoms with Crippen LogP contribution in [0.25, 0.3) is 0 Å². The number of nitrogens with zero attached hydrogens (tertiary/aromatic N) is 2. The molecule has 1 aromatic carbocycles. The molecular weight excluding hydrogens is 326 g/mol. The minimum atomic E-state index is 0.220. The summed E-state index contributed by atoms with van der Waals surface area (Å²) in [7, 11) is 2.02. The van der Waals surface area contributed by atoms with Crippen LogP contribution in [0.15, 0.2) is 35.1 Å². The average molecular weight is 343 g/mol. The maximum absolute atomic E-state index is 6.00. The number of likely N-dealkylation sites (N-methyl/N-ethyl adjacent to an activating group) is 1. The van der Waals surface area contributed by atoms with Crippen LogP contribution in [0.3, 0.4) is 0 Å². The minimum Gasteiger partial charge on any atom is -0.338 e. The second kappa shape index (κ2) is 6.55. The summed E-state index contributed by atoms with van der Waals surface area (Å²) in [5, 5.41) is 4.24. The lowest BCUT2D eigenvalue weighted by molar-refractivity contribution is 0.527. The van der Waals surface area contributed by atoms with Gasteiger partial charge >= 0.3 is 0 Å². The third kappa shape index (κ3) is 3.59. The predicted molar refractivity (Wildman–Crippen MR) is 82.5 cm³/mol. The first kappa shape index (κ1) is 14.6. The molecule has 2 aromatic rings. The maximum Gasteiger partial charge on any atom is 0.110 e. The molecule has 0 aliphatic rings. The van der Waals surface area contributed by atoms with Crippen molar-refractivity contribution in [3.63, 3.8) is 0 Å². The third-order valence-electron chi connectivity index (χ3n) is 3.10. The van der Waals surface area contributed by atoms with Crippen molar-refractivity contribution >= 4 is 27.5 Å². The van der Waals surface area contributed by atoms with Crippen LogP contribution in [0.1, 0.15) is 24.4 Å². The van der Waals surface area contributed by atoms with Gasteiger partial charge in [-0.1, -0.05) is 40.5 Å². The molecule has 2 rings (SSSR count). The van der Waals surface area contributed by atoms with Crippen molar-refractivity contribution in [1.82, 2.24) is 14.9 Å². The summed E-state index contributed by atoms with van der Waals surface area (Å²) in [5.74, 6) is 1.06. The summed E-state index contributed by atoms with van der Waals surface area (Å²) in [6.07, 6.45) is 4.64. The van der Waals surface area contributed by atoms with Gasteiger partial charge in [-0.3, -0.25) is 0 Å². The van der Waals surface area contributed by atoms with Crippen LogP contribution in [0.2, 0.25) is 5.02 Å². The molecule has 0 bridgehead atoms. The topological polar surface area (TPSA) is 29.9 Å². The highest BCUT2D eigenvalue weighted by Gasteiger charge is 2.16. The number of halogens is 2. The number of imidazole rings is 1. The van der Waals surface area contributed by atoms with Gasteiger partial charge in [0.2, 0.25) is 0 Å². The molecule has 1 N–H and O–H groups in total. The first-order chi connectivity index (χ1) is 9.11. The highest BCUT2D eigenvalue weighted by molar-refractivity contribution is 9.10. The Hall–Kier alpha value is -0.840. The Morgan fingerprint density at radius 2 is 2.26 bits per heavy atom. The van der Waals surface area contributed by atoms with Gasteiger partial charge in [0.15, 0.2) is 0 Å². The summed E-state index contributed by atoms with van der Waals surface area (Å²) in [5.41, 5.74) is 1.20. The van der Waals surface area contributed by atoms with Crippen molar-refractivity contribution in [3.05, 3.63) is 51.5 Å². The molecule has 0 radical (unpaired) electrons. The SMILES string of the molecule is CCNC(Cc1nccn1C)c1ccc(Cl)cc1Br. The van der Waals surface area contributed by atoms with Crippen LogP contribution < -0.4 is 5.32 Å². The van der Waals surface area contributed by atoms with Crippen LogP contribution in [0.4, 0.5) is 0 Å². The summed E-state index contributed by atoms with van der Waals surface area (Å²) < 4.78 is 3.08. The molecule has 1 unspecified atom stereocenters. The Morgan fingerprint density at radius 1 is 1.47 bits per heavy atom. The summed E-state index contributed by atoms with van der Waals surface area (Å²) >= 11 is 9.59. The molecule has 0 amide bonds. The van der Waals surface area contributed by atoms with Crippen LogP contribution in [0.5, 0.6) is 0 Å². The Kier molecular flexibility index (Phi) is 5.02. The van der Waals surface area contributed by atoms with E-state index in [0.717, 1.165) is 28.3 Å². The number of benzene rings is 1. The van der Waals surface area contributed by atoms with Crippen LogP contribution >= 0.6 is 27.5 Å². The molecule has 3 nitrogen and oxygen atoms in total. The van der Waals surface area contributed by atoms with Gasteiger partial charge in [-0.25, -0.2) is 4.98 Å². The molecule has 102 valence electrons. The molecule has 0 saturated heterocycles. The third-order valence-corrected chi connectivity index (χ3v) is 4.02. The number of aromatic nitrogens is 2. The van der Waals surface area contributed by atoms with Gasteiger partial charge in [0.05, 0.1) is 0 Å². The van der Waals surface area contributed by atoms with Crippen molar-refractivity contribution < 1.29 is 0 Å². The Morgan fingerprint density at radius 3 is 2.84 bits per heavy atom. The summed E-state index contributed by atoms with van der Waals surface area (Å²) in [6, 6.07) is 6.13. The van der Waals surface area contributed by atoms with Crippen molar-refractivity contribution in [2.75, 3.05) is 6.54 Å². The second-order valence-electron chi connectivity index (χ2n) is 4.43. The van der Waals surface area contributed by atoms with E-state index in [4.69, 9.17) is 11.6 Å². The average Bonchev–Trinajstić information content (AvgIpc) is 2.75. The molecule has 1 heterocycles. The number of hydrogen-bond acceptors (Lipinski definition) is 2. The van der Waals surface area contributed by atoms with Crippen molar-refractivity contribution in [2.45, 2.75) is 19.4 Å². The van der Waals surface area contributed by atoms with E-state index in [2.05, 4.69) is 39.2 Å². The highest BCUT2D eigenvalue weighted by Crippen LogP contribution is 2.28. The van der Waals surface area contributed by atoms with E-state index in [1.807, 2.05) is 36.1 Å². The fraction of sp³-hybridized carbons (Fsp3) is 0.357. The van der Waals surface area contributed by atoms with Crippen LogP contribution in [0, 0.1) is 0 Å². The molecule has 0 spiro atoms. The van der Waals surface area contributed by atoms with Gasteiger partial charge in [0, 0.05) is 41.4 Å². The van der Waals surface area contributed by atoms with E-state index in [1.165, 1.54) is 5.56 Å². The summed E-state index contributed by atoms with van der Waals surface area (Å²) in [6.45, 7) is 3.01. The van der Waals surface area contributed by atoms with Gasteiger partial charge in [-0.2, -0.15) is 0 Å². The van der Waals surface area contributed by atoms with Crippen molar-refractivity contribution in [2.24, 2.45) is 7.05 Å². The number of hydrogen-bond donors (Lipinski definition) is 1. The van der Waals surface area contributed by atoms with Crippen molar-refractivity contribution in [1.29, 1.82) is 0 Å². The van der Waals surface area contributed by atoms with Gasteiger partial charge in [-0.05, 0) is 24.2 Å². The quantitative estimate of drug-likeness (QED) is 0.897. The zero-order valence-electron chi connectivity index (χ0n) is 11.0. The standard InChI is InChI=1S/C14H17BrClN3/c1-3-17-13(9-14-18-6-7-19(14)2)11-5-4-10(16)8-12(11)15/h4-8,13,17H,3,9H2,1-2H3. The predicted octanol–water partition coefficient (Wildman–Crippen LogP) is 3.73. The normalized spacial score (nSPS) is 12.6. The monoisotopic (exact) mass is 341 g/mol. The van der Waals surface area contributed by atoms with Crippen LogP contribution in [-0.4, -0.2) is 16.1 Å². The largest absolute Gasteiger partial charge is 0.338 e. The van der Waals surface area contributed by atoms with E-state index in [-0.39, 0.29) is 6.04 Å². The zero-order valence-corrected chi connectivity index (χ0v) is 13.4. The molecule has 0 aliphatic carbocycles. The molecule has 0 aliphatic heterocycles. The molecule has 19 heavy (non-hydrogen) atoms. The molecular formula is C14H17BrClN3. The zero-order chi connectivity index (χ0) is 13.8. The van der Waals surface area contributed by atoms with Gasteiger partial charge in [0.1, 0.15) is 5.82 Å². The molecule has 0 saturated carbocycles. The van der Waals surface area contributed by atoms with E-state index < -0.39 is 0 Å². The van der Waals surface area contributed by atoms with Gasteiger partial charge in [0.25, 0.3) is 0 Å². The lowest BCUT2D eigenvalue weighted by Crippen LogP contribution is -2.24. The Balaban J connectivity index is 2.27. The smallest absolute Gasteiger partial charge is 0.110 e. The first-order valence-corrected chi connectivity index (χ1v) is 7.43. The number of rotatable bonds is 5. The fourth-order valence-electron chi connectivity index (χ4n) is 2.10. The van der Waals surface area contributed by atoms with Gasteiger partial charge < -0.3 is 9.88 Å². The highest BCUT2D eigenvalue weighted by atomic mass is 79.9. The molecule has 1 aromatic heterocycles. The minimum absolute atomic E-state index is 0.220. The Labute approximate surface area is 127 Å². The molecule has 0 fully saturated rings. The van der Waals surface area contributed by atoms with Crippen molar-refractivity contribution in [3.8, 4) is 0 Å². The molecule has 1 atom stereocenters. The lowest BCUT2D eigenvalue weighted by Gasteiger charge is -2.19. The summed E-state index contributed by atoms with van der Waals surface area (Å²) in [4.78, 5) is 4.39. The lowest BCUT2D eigenvalue weighted by atomic mass is 10.0. The van der Waals surface area contributed by atoms with E-state index in [9.17, 15) is 0 Å². The van der Waals surface area contributed by atoms with E-state index in [0.29, 0.717) is 0 Å². The maximum atomic E-state index is 6.00. The number of aryl methyl sites for hydroxylation is 1. The molecule has 5 heteroatoms. The second-order valence-corrected chi connectivity index (χ2v) is 5.73. The Bertz CT molecular complexity index is 553. The fourth-order valence-corrected chi connectivity index (χ4v) is 3.06. The van der Waals surface area contributed by atoms with E-state index in [1.54, 1.807) is 0 Å². The van der Waals surface area contributed by atoms with Crippen LogP contribution in [-0.2, 0) is 13.5 Å². The van der Waals surface area contributed by atoms with Gasteiger partial charge in [-0.15, -0.1) is 0 Å².